The third-order valence-corrected chi connectivity index (χ3v) is 4.84. The highest BCUT2D eigenvalue weighted by Gasteiger charge is 2.37. The summed E-state index contributed by atoms with van der Waals surface area (Å²) in [6.45, 7) is 1.22. The van der Waals surface area contributed by atoms with Gasteiger partial charge in [-0.3, -0.25) is 9.67 Å². The summed E-state index contributed by atoms with van der Waals surface area (Å²) >= 11 is 0. The van der Waals surface area contributed by atoms with Crippen LogP contribution in [0.15, 0.2) is 23.3 Å². The Hall–Kier alpha value is -2.18. The number of fused-ring (bicyclic) bond motifs is 1. The van der Waals surface area contributed by atoms with E-state index in [4.69, 9.17) is 9.47 Å². The van der Waals surface area contributed by atoms with Crippen molar-refractivity contribution in [3.8, 4) is 11.5 Å². The summed E-state index contributed by atoms with van der Waals surface area (Å²) in [6, 6.07) is 3.89. The highest BCUT2D eigenvalue weighted by molar-refractivity contribution is 14.0. The Kier molecular flexibility index (Phi) is 7.83. The smallest absolute Gasteiger partial charge is 0.435 e. The zero-order valence-electron chi connectivity index (χ0n) is 17.2. The molecule has 1 aromatic carbocycles. The quantitative estimate of drug-likeness (QED) is 0.368. The Labute approximate surface area is 190 Å². The van der Waals surface area contributed by atoms with Crippen LogP contribution in [0.3, 0.4) is 0 Å². The third-order valence-electron chi connectivity index (χ3n) is 4.84. The Morgan fingerprint density at radius 2 is 1.83 bits per heavy atom. The molecular formula is C19H25F3IN5O2. The van der Waals surface area contributed by atoms with E-state index in [-0.39, 0.29) is 36.1 Å². The number of nitrogens with one attached hydrogen (secondary N) is 1. The van der Waals surface area contributed by atoms with E-state index < -0.39 is 11.9 Å². The third kappa shape index (κ3) is 5.10. The molecule has 11 heteroatoms. The van der Waals surface area contributed by atoms with Gasteiger partial charge in [0.15, 0.2) is 23.2 Å². The molecule has 0 unspecified atom stereocenters. The number of aromatic nitrogens is 2. The van der Waals surface area contributed by atoms with Crippen molar-refractivity contribution < 1.29 is 22.6 Å². The van der Waals surface area contributed by atoms with E-state index in [1.807, 2.05) is 17.0 Å². The zero-order chi connectivity index (χ0) is 21.2. The van der Waals surface area contributed by atoms with Gasteiger partial charge in [-0.25, -0.2) is 0 Å². The van der Waals surface area contributed by atoms with Gasteiger partial charge in [-0.1, -0.05) is 0 Å². The molecule has 0 saturated heterocycles. The average Bonchev–Trinajstić information content (AvgIpc) is 3.08. The van der Waals surface area contributed by atoms with Gasteiger partial charge < -0.3 is 19.7 Å². The highest BCUT2D eigenvalue weighted by Crippen LogP contribution is 2.33. The molecule has 1 aromatic heterocycles. The van der Waals surface area contributed by atoms with Crippen molar-refractivity contribution in [2.24, 2.45) is 12.0 Å². The number of hydrogen-bond donors (Lipinski definition) is 1. The van der Waals surface area contributed by atoms with Crippen LogP contribution in [0.2, 0.25) is 0 Å². The van der Waals surface area contributed by atoms with Gasteiger partial charge in [0, 0.05) is 45.5 Å². The number of rotatable bonds is 4. The summed E-state index contributed by atoms with van der Waals surface area (Å²) in [5, 5.41) is 6.57. The fourth-order valence-corrected chi connectivity index (χ4v) is 3.48. The number of alkyl halides is 3. The number of methoxy groups -OCH3 is 2. The molecule has 3 rings (SSSR count). The maximum Gasteiger partial charge on any atom is 0.435 e. The maximum absolute atomic E-state index is 13.2. The number of aliphatic imine (C=N–C) groups is 1. The molecule has 0 spiro atoms. The van der Waals surface area contributed by atoms with Crippen LogP contribution in [0.5, 0.6) is 11.5 Å². The van der Waals surface area contributed by atoms with Crippen molar-refractivity contribution in [1.29, 1.82) is 0 Å². The Bertz CT molecular complexity index is 914. The monoisotopic (exact) mass is 539 g/mol. The molecule has 166 valence electrons. The van der Waals surface area contributed by atoms with Gasteiger partial charge >= 0.3 is 6.18 Å². The Morgan fingerprint density at radius 1 is 1.20 bits per heavy atom. The predicted octanol–water partition coefficient (Wildman–Crippen LogP) is 3.21. The largest absolute Gasteiger partial charge is 0.493 e. The number of hydrogen-bond acceptors (Lipinski definition) is 4. The van der Waals surface area contributed by atoms with Crippen LogP contribution >= 0.6 is 24.0 Å². The van der Waals surface area contributed by atoms with E-state index >= 15 is 0 Å². The van der Waals surface area contributed by atoms with Crippen LogP contribution in [-0.2, 0) is 32.7 Å². The maximum atomic E-state index is 13.2. The molecule has 2 aromatic rings. The van der Waals surface area contributed by atoms with Crippen molar-refractivity contribution in [3.05, 3.63) is 40.7 Å². The fourth-order valence-electron chi connectivity index (χ4n) is 3.48. The van der Waals surface area contributed by atoms with Gasteiger partial charge in [0.2, 0.25) is 0 Å². The minimum absolute atomic E-state index is 0. The molecule has 1 aliphatic heterocycles. The van der Waals surface area contributed by atoms with Crippen LogP contribution in [0.4, 0.5) is 13.2 Å². The molecule has 0 amide bonds. The number of nitrogens with zero attached hydrogens (tertiary/aromatic N) is 4. The van der Waals surface area contributed by atoms with Crippen molar-refractivity contribution in [3.63, 3.8) is 0 Å². The lowest BCUT2D eigenvalue weighted by Gasteiger charge is -2.32. The van der Waals surface area contributed by atoms with Gasteiger partial charge in [0.1, 0.15) is 0 Å². The molecule has 1 N–H and O–H groups in total. The summed E-state index contributed by atoms with van der Waals surface area (Å²) in [7, 11) is 6.26. The van der Waals surface area contributed by atoms with Gasteiger partial charge in [-0.2, -0.15) is 18.3 Å². The van der Waals surface area contributed by atoms with E-state index in [1.54, 1.807) is 21.3 Å². The van der Waals surface area contributed by atoms with E-state index in [2.05, 4.69) is 15.4 Å². The standard InChI is InChI=1S/C19H24F3N5O2.HI/c1-23-18(24-9-14-10-26(2)25-17(14)19(20,21)22)27-6-5-12-7-15(28-3)16(29-4)8-13(12)11-27;/h7-8,10H,5-6,9,11H2,1-4H3,(H,23,24);1H. The fraction of sp³-hybridized carbons (Fsp3) is 0.474. The molecule has 30 heavy (non-hydrogen) atoms. The molecule has 0 saturated carbocycles. The summed E-state index contributed by atoms with van der Waals surface area (Å²) in [4.78, 5) is 6.24. The number of aryl methyl sites for hydroxylation is 1. The number of halogens is 4. The summed E-state index contributed by atoms with van der Waals surface area (Å²) in [5.41, 5.74) is 1.41. The Morgan fingerprint density at radius 3 is 2.40 bits per heavy atom. The number of ether oxygens (including phenoxy) is 2. The lowest BCUT2D eigenvalue weighted by Crippen LogP contribution is -2.43. The normalized spacial score (nSPS) is 14.1. The predicted molar refractivity (Wildman–Crippen MR) is 117 cm³/mol. The molecule has 0 fully saturated rings. The summed E-state index contributed by atoms with van der Waals surface area (Å²) < 4.78 is 51.4. The first kappa shape index (κ1) is 24.1. The van der Waals surface area contributed by atoms with E-state index in [0.29, 0.717) is 30.5 Å². The second-order valence-electron chi connectivity index (χ2n) is 6.72. The van der Waals surface area contributed by atoms with Crippen molar-refractivity contribution in [2.75, 3.05) is 27.8 Å². The van der Waals surface area contributed by atoms with Crippen LogP contribution in [-0.4, -0.2) is 48.5 Å². The van der Waals surface area contributed by atoms with Gasteiger partial charge in [0.25, 0.3) is 0 Å². The van der Waals surface area contributed by atoms with Crippen molar-refractivity contribution >= 4 is 29.9 Å². The SMILES string of the molecule is CN=C(NCc1cn(C)nc1C(F)(F)F)N1CCc2cc(OC)c(OC)cc2C1.I. The van der Waals surface area contributed by atoms with E-state index in [1.165, 1.54) is 17.9 Å². The lowest BCUT2D eigenvalue weighted by molar-refractivity contribution is -0.142. The number of benzene rings is 1. The molecule has 0 bridgehead atoms. The molecule has 0 atom stereocenters. The molecule has 2 heterocycles. The first-order valence-electron chi connectivity index (χ1n) is 9.06. The highest BCUT2D eigenvalue weighted by atomic mass is 127. The van der Waals surface area contributed by atoms with Gasteiger partial charge in [0.05, 0.1) is 14.2 Å². The summed E-state index contributed by atoms with van der Waals surface area (Å²) in [6.07, 6.45) is -2.37. The van der Waals surface area contributed by atoms with Crippen LogP contribution < -0.4 is 14.8 Å². The van der Waals surface area contributed by atoms with E-state index in [0.717, 1.165) is 17.5 Å². The minimum Gasteiger partial charge on any atom is -0.493 e. The zero-order valence-corrected chi connectivity index (χ0v) is 19.5. The first-order chi connectivity index (χ1) is 13.8. The second-order valence-corrected chi connectivity index (χ2v) is 6.72. The number of guanidine groups is 1. The Balaban J connectivity index is 0.00000320. The molecule has 0 radical (unpaired) electrons. The van der Waals surface area contributed by atoms with Crippen LogP contribution in [0.25, 0.3) is 0 Å². The average molecular weight is 539 g/mol. The topological polar surface area (TPSA) is 63.9 Å². The van der Waals surface area contributed by atoms with Gasteiger partial charge in [-0.05, 0) is 29.7 Å². The molecule has 1 aliphatic rings. The van der Waals surface area contributed by atoms with E-state index in [9.17, 15) is 13.2 Å². The summed E-state index contributed by atoms with van der Waals surface area (Å²) in [5.74, 6) is 1.85. The second kappa shape index (κ2) is 9.75. The molecular weight excluding hydrogens is 514 g/mol. The van der Waals surface area contributed by atoms with Crippen LogP contribution in [0.1, 0.15) is 22.4 Å². The molecule has 7 nitrogen and oxygen atoms in total. The van der Waals surface area contributed by atoms with Crippen molar-refractivity contribution in [1.82, 2.24) is 20.0 Å². The van der Waals surface area contributed by atoms with Gasteiger partial charge in [-0.15, -0.1) is 24.0 Å². The first-order valence-corrected chi connectivity index (χ1v) is 9.06. The minimum atomic E-state index is -4.50. The lowest BCUT2D eigenvalue weighted by atomic mass is 9.99. The van der Waals surface area contributed by atoms with Crippen LogP contribution in [0, 0.1) is 0 Å². The molecule has 0 aliphatic carbocycles. The van der Waals surface area contributed by atoms with Crippen molar-refractivity contribution in [2.45, 2.75) is 25.7 Å².